The van der Waals surface area contributed by atoms with Crippen molar-refractivity contribution in [3.63, 3.8) is 0 Å². The number of alkyl halides is 2. The van der Waals surface area contributed by atoms with Crippen LogP contribution in [0.25, 0.3) is 0 Å². The van der Waals surface area contributed by atoms with Gasteiger partial charge >= 0.3 is 17.8 Å². The van der Waals surface area contributed by atoms with Gasteiger partial charge in [0.25, 0.3) is 0 Å². The van der Waals surface area contributed by atoms with Crippen molar-refractivity contribution >= 4 is 11.7 Å². The quantitative estimate of drug-likeness (QED) is 0.650. The van der Waals surface area contributed by atoms with Gasteiger partial charge in [-0.3, -0.25) is 10.1 Å². The molecule has 6 nitrogen and oxygen atoms in total. The van der Waals surface area contributed by atoms with Gasteiger partial charge in [-0.15, -0.1) is 0 Å². The number of nitro groups is 1. The number of nitrogens with zero attached hydrogens (tertiary/aromatic N) is 1. The molecule has 0 bridgehead atoms. The average molecular weight is 251 g/mol. The molecule has 0 fully saturated rings. The Kier molecular flexibility index (Phi) is 3.21. The van der Waals surface area contributed by atoms with Crippen LogP contribution in [0.1, 0.15) is 0 Å². The Morgan fingerprint density at radius 1 is 1.47 bits per heavy atom. The van der Waals surface area contributed by atoms with Crippen molar-refractivity contribution in [2.45, 2.75) is 6.11 Å². The number of ether oxygens (including phenoxy) is 1. The molecule has 0 aromatic heterocycles. The van der Waals surface area contributed by atoms with Gasteiger partial charge in [0, 0.05) is 6.07 Å². The van der Waals surface area contributed by atoms with Gasteiger partial charge < -0.3 is 9.84 Å². The standard InChI is InChI=1S/C8H4F3NO5/c9-4-2-1-3-5(12(15)16)6(4)17-8(10,11)7(13)14/h1-3H,(H,13,14). The van der Waals surface area contributed by atoms with Gasteiger partial charge in [-0.2, -0.15) is 8.78 Å². The SMILES string of the molecule is O=C(O)C(F)(F)Oc1c(F)cccc1[N+](=O)[O-]. The highest BCUT2D eigenvalue weighted by molar-refractivity contribution is 5.74. The molecule has 0 atom stereocenters. The van der Waals surface area contributed by atoms with Crippen molar-refractivity contribution in [3.8, 4) is 5.75 Å². The summed E-state index contributed by atoms with van der Waals surface area (Å²) in [6.45, 7) is 0. The number of rotatable bonds is 4. The summed E-state index contributed by atoms with van der Waals surface area (Å²) in [6.07, 6.45) is -4.76. The van der Waals surface area contributed by atoms with E-state index in [9.17, 15) is 28.1 Å². The highest BCUT2D eigenvalue weighted by Crippen LogP contribution is 2.33. The molecule has 9 heteroatoms. The highest BCUT2D eigenvalue weighted by atomic mass is 19.3. The van der Waals surface area contributed by atoms with Crippen LogP contribution in [0.15, 0.2) is 18.2 Å². The lowest BCUT2D eigenvalue weighted by Gasteiger charge is -2.13. The minimum Gasteiger partial charge on any atom is -0.474 e. The van der Waals surface area contributed by atoms with Crippen molar-refractivity contribution in [2.75, 3.05) is 0 Å². The van der Waals surface area contributed by atoms with Crippen LogP contribution in [0.2, 0.25) is 0 Å². The molecule has 0 aliphatic carbocycles. The smallest absolute Gasteiger partial charge is 0.474 e. The molecular weight excluding hydrogens is 247 g/mol. The van der Waals surface area contributed by atoms with E-state index in [4.69, 9.17) is 5.11 Å². The largest absolute Gasteiger partial charge is 0.502 e. The molecule has 1 rings (SSSR count). The van der Waals surface area contributed by atoms with Crippen LogP contribution in [-0.4, -0.2) is 22.1 Å². The second-order valence-electron chi connectivity index (χ2n) is 2.77. The Balaban J connectivity index is 3.22. The highest BCUT2D eigenvalue weighted by Gasteiger charge is 2.44. The van der Waals surface area contributed by atoms with Crippen LogP contribution >= 0.6 is 0 Å². The minimum atomic E-state index is -4.76. The number of carboxylic acids is 1. The summed E-state index contributed by atoms with van der Waals surface area (Å²) in [5.74, 6) is -5.57. The number of hydrogen-bond donors (Lipinski definition) is 1. The summed E-state index contributed by atoms with van der Waals surface area (Å²) >= 11 is 0. The van der Waals surface area contributed by atoms with E-state index >= 15 is 0 Å². The number of nitro benzene ring substituents is 1. The maximum atomic E-state index is 13.0. The van der Waals surface area contributed by atoms with Crippen LogP contribution in [0.5, 0.6) is 5.75 Å². The second-order valence-corrected chi connectivity index (χ2v) is 2.77. The van der Waals surface area contributed by atoms with Gasteiger partial charge in [0.15, 0.2) is 5.82 Å². The van der Waals surface area contributed by atoms with E-state index < -0.39 is 34.3 Å². The molecule has 92 valence electrons. The van der Waals surface area contributed by atoms with Gasteiger partial charge in [0.1, 0.15) is 0 Å². The predicted octanol–water partition coefficient (Wildman–Crippen LogP) is 1.79. The molecule has 0 radical (unpaired) electrons. The van der Waals surface area contributed by atoms with E-state index in [-0.39, 0.29) is 0 Å². The molecule has 0 saturated carbocycles. The van der Waals surface area contributed by atoms with E-state index in [1.807, 2.05) is 0 Å². The van der Waals surface area contributed by atoms with Crippen molar-refractivity contribution in [1.29, 1.82) is 0 Å². The molecule has 1 aromatic carbocycles. The maximum absolute atomic E-state index is 13.0. The van der Waals surface area contributed by atoms with Gasteiger partial charge in [-0.25, -0.2) is 9.18 Å². The van der Waals surface area contributed by atoms with E-state index in [2.05, 4.69) is 4.74 Å². The van der Waals surface area contributed by atoms with Crippen LogP contribution in [0, 0.1) is 15.9 Å². The number of para-hydroxylation sites is 1. The van der Waals surface area contributed by atoms with Gasteiger partial charge in [-0.1, -0.05) is 6.07 Å². The third-order valence-electron chi connectivity index (χ3n) is 1.62. The molecule has 0 unspecified atom stereocenters. The Morgan fingerprint density at radius 2 is 2.06 bits per heavy atom. The lowest BCUT2D eigenvalue weighted by Crippen LogP contribution is -2.35. The first-order valence-electron chi connectivity index (χ1n) is 3.99. The fourth-order valence-electron chi connectivity index (χ4n) is 0.914. The molecule has 0 heterocycles. The second kappa shape index (κ2) is 4.28. The molecule has 0 saturated heterocycles. The Labute approximate surface area is 91.4 Å². The minimum absolute atomic E-state index is 0.625. The normalized spacial score (nSPS) is 11.0. The number of benzene rings is 1. The van der Waals surface area contributed by atoms with Crippen LogP contribution in [0.3, 0.4) is 0 Å². The van der Waals surface area contributed by atoms with Crippen molar-refractivity contribution in [3.05, 3.63) is 34.1 Å². The monoisotopic (exact) mass is 251 g/mol. The third kappa shape index (κ3) is 2.62. The Morgan fingerprint density at radius 3 is 2.53 bits per heavy atom. The predicted molar refractivity (Wildman–Crippen MR) is 46.3 cm³/mol. The number of aliphatic carboxylic acids is 1. The molecule has 0 spiro atoms. The fraction of sp³-hybridized carbons (Fsp3) is 0.125. The number of carboxylic acid groups (broad SMARTS) is 1. The van der Waals surface area contributed by atoms with E-state index in [1.165, 1.54) is 0 Å². The van der Waals surface area contributed by atoms with E-state index in [1.54, 1.807) is 0 Å². The zero-order valence-corrected chi connectivity index (χ0v) is 7.89. The molecular formula is C8H4F3NO5. The molecule has 0 aliphatic heterocycles. The van der Waals surface area contributed by atoms with Crippen LogP contribution < -0.4 is 4.74 Å². The first-order valence-corrected chi connectivity index (χ1v) is 3.99. The van der Waals surface area contributed by atoms with Gasteiger partial charge in [-0.05, 0) is 6.07 Å². The number of carbonyl (C=O) groups is 1. The van der Waals surface area contributed by atoms with Crippen molar-refractivity contribution in [1.82, 2.24) is 0 Å². The van der Waals surface area contributed by atoms with E-state index in [0.29, 0.717) is 12.1 Å². The summed E-state index contributed by atoms with van der Waals surface area (Å²) < 4.78 is 41.9. The van der Waals surface area contributed by atoms with Crippen LogP contribution in [-0.2, 0) is 4.79 Å². The summed E-state index contributed by atoms with van der Waals surface area (Å²) in [7, 11) is 0. The Hall–Kier alpha value is -2.32. The Bertz CT molecular complexity index is 476. The molecule has 1 N–H and O–H groups in total. The van der Waals surface area contributed by atoms with Gasteiger partial charge in [0.05, 0.1) is 4.92 Å². The zero-order chi connectivity index (χ0) is 13.2. The first-order chi connectivity index (χ1) is 7.75. The zero-order valence-electron chi connectivity index (χ0n) is 7.89. The number of hydrogen-bond acceptors (Lipinski definition) is 4. The molecule has 17 heavy (non-hydrogen) atoms. The molecule has 1 aromatic rings. The average Bonchev–Trinajstić information content (AvgIpc) is 2.20. The van der Waals surface area contributed by atoms with Crippen LogP contribution in [0.4, 0.5) is 18.9 Å². The van der Waals surface area contributed by atoms with Gasteiger partial charge in [0.2, 0.25) is 5.75 Å². The topological polar surface area (TPSA) is 89.7 Å². The van der Waals surface area contributed by atoms with E-state index in [0.717, 1.165) is 6.07 Å². The first kappa shape index (κ1) is 12.7. The lowest BCUT2D eigenvalue weighted by molar-refractivity contribution is -0.387. The third-order valence-corrected chi connectivity index (χ3v) is 1.62. The fourth-order valence-corrected chi connectivity index (χ4v) is 0.914. The van der Waals surface area contributed by atoms with Crippen molar-refractivity contribution in [2.24, 2.45) is 0 Å². The maximum Gasteiger partial charge on any atom is 0.502 e. The van der Waals surface area contributed by atoms with Crippen molar-refractivity contribution < 1.29 is 32.7 Å². The summed E-state index contributed by atoms with van der Waals surface area (Å²) in [4.78, 5) is 19.3. The lowest BCUT2D eigenvalue weighted by atomic mass is 10.3. The number of halogens is 3. The molecule has 0 aliphatic rings. The summed E-state index contributed by atoms with van der Waals surface area (Å²) in [6, 6.07) is 2.23. The molecule has 0 amide bonds. The summed E-state index contributed by atoms with van der Waals surface area (Å²) in [5, 5.41) is 18.5. The summed E-state index contributed by atoms with van der Waals surface area (Å²) in [5.41, 5.74) is -1.09.